The average molecular weight is 211 g/mol. The number of piperidine rings is 1. The number of fused-ring (bicyclic) bond motifs is 1. The van der Waals surface area contributed by atoms with E-state index in [4.69, 9.17) is 0 Å². The van der Waals surface area contributed by atoms with Crippen LogP contribution in [-0.4, -0.2) is 55.6 Å². The molecule has 2 heterocycles. The molecule has 2 atom stereocenters. The fourth-order valence-corrected chi connectivity index (χ4v) is 2.59. The second kappa shape index (κ2) is 4.39. The molecule has 0 spiro atoms. The quantitative estimate of drug-likeness (QED) is 0.689. The smallest absolute Gasteiger partial charge is 0.319 e. The lowest BCUT2D eigenvalue weighted by Crippen LogP contribution is -2.48. The number of nitrogens with zero attached hydrogens (tertiary/aromatic N) is 2. The van der Waals surface area contributed by atoms with Crippen LogP contribution in [0.15, 0.2) is 0 Å². The van der Waals surface area contributed by atoms with Crippen molar-refractivity contribution in [3.8, 4) is 0 Å². The van der Waals surface area contributed by atoms with Crippen LogP contribution < -0.4 is 5.32 Å². The summed E-state index contributed by atoms with van der Waals surface area (Å²) < 4.78 is 0. The lowest BCUT2D eigenvalue weighted by Gasteiger charge is -2.36. The third-order valence-electron chi connectivity index (χ3n) is 3.78. The molecule has 0 bridgehead atoms. The molecule has 2 fully saturated rings. The SMILES string of the molecule is CCN(C)C(=O)N1CCC2CNCC2C1. The van der Waals surface area contributed by atoms with Crippen molar-refractivity contribution in [3.63, 3.8) is 0 Å². The van der Waals surface area contributed by atoms with Crippen LogP contribution in [0.4, 0.5) is 4.79 Å². The van der Waals surface area contributed by atoms with Gasteiger partial charge in [-0.2, -0.15) is 0 Å². The van der Waals surface area contributed by atoms with Crippen molar-refractivity contribution < 1.29 is 4.79 Å². The van der Waals surface area contributed by atoms with E-state index in [0.717, 1.165) is 38.6 Å². The van der Waals surface area contributed by atoms with Crippen LogP contribution in [0.5, 0.6) is 0 Å². The highest BCUT2D eigenvalue weighted by atomic mass is 16.2. The summed E-state index contributed by atoms with van der Waals surface area (Å²) in [4.78, 5) is 15.8. The first kappa shape index (κ1) is 10.7. The van der Waals surface area contributed by atoms with Crippen LogP contribution in [0.2, 0.25) is 0 Å². The van der Waals surface area contributed by atoms with Gasteiger partial charge in [0.2, 0.25) is 0 Å². The number of nitrogens with one attached hydrogen (secondary N) is 1. The molecule has 0 aromatic carbocycles. The van der Waals surface area contributed by atoms with E-state index in [-0.39, 0.29) is 6.03 Å². The molecule has 86 valence electrons. The van der Waals surface area contributed by atoms with Gasteiger partial charge in [-0.25, -0.2) is 4.79 Å². The Bertz CT molecular complexity index is 244. The predicted octanol–water partition coefficient (Wildman–Crippen LogP) is 0.599. The minimum atomic E-state index is 0.197. The van der Waals surface area contributed by atoms with Gasteiger partial charge in [0, 0.05) is 26.7 Å². The van der Waals surface area contributed by atoms with Crippen molar-refractivity contribution in [2.75, 3.05) is 39.8 Å². The van der Waals surface area contributed by atoms with E-state index in [1.165, 1.54) is 6.42 Å². The van der Waals surface area contributed by atoms with E-state index in [1.54, 1.807) is 4.90 Å². The summed E-state index contributed by atoms with van der Waals surface area (Å²) in [7, 11) is 1.88. The van der Waals surface area contributed by atoms with Crippen molar-refractivity contribution in [1.82, 2.24) is 15.1 Å². The maximum Gasteiger partial charge on any atom is 0.319 e. The second-order valence-corrected chi connectivity index (χ2v) is 4.71. The fraction of sp³-hybridized carbons (Fsp3) is 0.909. The van der Waals surface area contributed by atoms with Crippen LogP contribution in [0.25, 0.3) is 0 Å². The third kappa shape index (κ3) is 2.09. The Morgan fingerprint density at radius 2 is 2.20 bits per heavy atom. The molecule has 0 aromatic rings. The molecule has 0 radical (unpaired) electrons. The Kier molecular flexibility index (Phi) is 3.14. The van der Waals surface area contributed by atoms with E-state index >= 15 is 0 Å². The Labute approximate surface area is 91.6 Å². The Morgan fingerprint density at radius 3 is 2.93 bits per heavy atom. The molecule has 15 heavy (non-hydrogen) atoms. The van der Waals surface area contributed by atoms with Gasteiger partial charge >= 0.3 is 6.03 Å². The lowest BCUT2D eigenvalue weighted by molar-refractivity contribution is 0.127. The molecule has 1 N–H and O–H groups in total. The molecule has 4 nitrogen and oxygen atoms in total. The topological polar surface area (TPSA) is 35.6 Å². The van der Waals surface area contributed by atoms with E-state index in [1.807, 2.05) is 18.9 Å². The van der Waals surface area contributed by atoms with Crippen LogP contribution in [0.1, 0.15) is 13.3 Å². The molecule has 2 amide bonds. The van der Waals surface area contributed by atoms with E-state index < -0.39 is 0 Å². The standard InChI is InChI=1S/C11H21N3O/c1-3-13(2)11(15)14-5-4-9-6-12-7-10(9)8-14/h9-10,12H,3-8H2,1-2H3. The van der Waals surface area contributed by atoms with Gasteiger partial charge in [0.15, 0.2) is 0 Å². The first-order valence-electron chi connectivity index (χ1n) is 5.93. The molecular formula is C11H21N3O. The number of hydrogen-bond donors (Lipinski definition) is 1. The van der Waals surface area contributed by atoms with Gasteiger partial charge in [0.25, 0.3) is 0 Å². The maximum atomic E-state index is 11.9. The van der Waals surface area contributed by atoms with Crippen LogP contribution in [0.3, 0.4) is 0 Å². The zero-order chi connectivity index (χ0) is 10.8. The molecule has 0 saturated carbocycles. The number of carbonyl (C=O) groups excluding carboxylic acids is 1. The number of rotatable bonds is 1. The highest BCUT2D eigenvalue weighted by molar-refractivity contribution is 5.74. The number of likely N-dealkylation sites (tertiary alicyclic amines) is 1. The molecule has 2 aliphatic heterocycles. The van der Waals surface area contributed by atoms with Gasteiger partial charge in [-0.1, -0.05) is 0 Å². The maximum absolute atomic E-state index is 11.9. The Balaban J connectivity index is 1.92. The molecule has 2 unspecified atom stereocenters. The lowest BCUT2D eigenvalue weighted by atomic mass is 9.89. The first-order chi connectivity index (χ1) is 7.22. The monoisotopic (exact) mass is 211 g/mol. The van der Waals surface area contributed by atoms with Gasteiger partial charge in [-0.3, -0.25) is 0 Å². The minimum absolute atomic E-state index is 0.197. The number of hydrogen-bond acceptors (Lipinski definition) is 2. The van der Waals surface area contributed by atoms with E-state index in [2.05, 4.69) is 5.32 Å². The van der Waals surface area contributed by atoms with Gasteiger partial charge in [0.1, 0.15) is 0 Å². The van der Waals surface area contributed by atoms with Gasteiger partial charge in [-0.15, -0.1) is 0 Å². The molecule has 4 heteroatoms. The Morgan fingerprint density at radius 1 is 1.47 bits per heavy atom. The fourth-order valence-electron chi connectivity index (χ4n) is 2.59. The van der Waals surface area contributed by atoms with Gasteiger partial charge in [0.05, 0.1) is 0 Å². The first-order valence-corrected chi connectivity index (χ1v) is 5.93. The number of amides is 2. The second-order valence-electron chi connectivity index (χ2n) is 4.71. The van der Waals surface area contributed by atoms with Crippen molar-refractivity contribution in [1.29, 1.82) is 0 Å². The molecule has 0 aromatic heterocycles. The zero-order valence-electron chi connectivity index (χ0n) is 9.70. The average Bonchev–Trinajstić information content (AvgIpc) is 2.73. The number of urea groups is 1. The summed E-state index contributed by atoms with van der Waals surface area (Å²) in [5.41, 5.74) is 0. The zero-order valence-corrected chi connectivity index (χ0v) is 9.70. The third-order valence-corrected chi connectivity index (χ3v) is 3.78. The largest absolute Gasteiger partial charge is 0.328 e. The predicted molar refractivity (Wildman–Crippen MR) is 59.7 cm³/mol. The Hall–Kier alpha value is -0.770. The van der Waals surface area contributed by atoms with Crippen LogP contribution in [0, 0.1) is 11.8 Å². The summed E-state index contributed by atoms with van der Waals surface area (Å²) in [5, 5.41) is 3.42. The summed E-state index contributed by atoms with van der Waals surface area (Å²) in [6, 6.07) is 0.197. The van der Waals surface area contributed by atoms with Gasteiger partial charge in [-0.05, 0) is 38.3 Å². The van der Waals surface area contributed by atoms with Crippen LogP contribution in [-0.2, 0) is 0 Å². The van der Waals surface area contributed by atoms with Gasteiger partial charge < -0.3 is 15.1 Å². The van der Waals surface area contributed by atoms with Crippen LogP contribution >= 0.6 is 0 Å². The molecule has 2 rings (SSSR count). The highest BCUT2D eigenvalue weighted by Crippen LogP contribution is 2.26. The summed E-state index contributed by atoms with van der Waals surface area (Å²) >= 11 is 0. The minimum Gasteiger partial charge on any atom is -0.328 e. The van der Waals surface area contributed by atoms with Crippen molar-refractivity contribution >= 4 is 6.03 Å². The highest BCUT2D eigenvalue weighted by Gasteiger charge is 2.34. The molecule has 0 aliphatic carbocycles. The van der Waals surface area contributed by atoms with E-state index in [9.17, 15) is 4.79 Å². The summed E-state index contributed by atoms with van der Waals surface area (Å²) in [6.45, 7) is 6.93. The van der Waals surface area contributed by atoms with Crippen molar-refractivity contribution in [2.45, 2.75) is 13.3 Å². The molecule has 2 aliphatic rings. The summed E-state index contributed by atoms with van der Waals surface area (Å²) in [6.07, 6.45) is 1.17. The normalized spacial score (nSPS) is 30.1. The molecular weight excluding hydrogens is 190 g/mol. The van der Waals surface area contributed by atoms with Crippen molar-refractivity contribution in [2.24, 2.45) is 11.8 Å². The molecule has 2 saturated heterocycles. The summed E-state index contributed by atoms with van der Waals surface area (Å²) in [5.74, 6) is 1.49. The van der Waals surface area contributed by atoms with E-state index in [0.29, 0.717) is 5.92 Å². The van der Waals surface area contributed by atoms with Crippen molar-refractivity contribution in [3.05, 3.63) is 0 Å². The number of carbonyl (C=O) groups is 1.